The molecule has 5 nitrogen and oxygen atoms in total. The molecule has 2 rings (SSSR count). The topological polar surface area (TPSA) is 49.9 Å². The van der Waals surface area contributed by atoms with Gasteiger partial charge in [0.1, 0.15) is 6.54 Å². The van der Waals surface area contributed by atoms with Crippen molar-refractivity contribution in [2.24, 2.45) is 0 Å². The van der Waals surface area contributed by atoms with Gasteiger partial charge in [-0.05, 0) is 12.1 Å². The maximum Gasteiger partial charge on any atom is 0.331 e. The van der Waals surface area contributed by atoms with Crippen LogP contribution in [0.4, 0.5) is 10.5 Å². The number of carbonyl (C=O) groups excluding carboxylic acids is 2. The van der Waals surface area contributed by atoms with E-state index < -0.39 is 0 Å². The Morgan fingerprint density at radius 2 is 1.94 bits per heavy atom. The highest BCUT2D eigenvalue weighted by molar-refractivity contribution is 6.12. The lowest BCUT2D eigenvalue weighted by atomic mass is 10.3. The minimum absolute atomic E-state index is 0.104. The van der Waals surface area contributed by atoms with E-state index in [1.165, 1.54) is 9.80 Å². The SMILES string of the molecule is COCCN1C(=O)CN(c2ccccc2)C1=O. The van der Waals surface area contributed by atoms with Gasteiger partial charge in [0.05, 0.1) is 13.2 Å². The van der Waals surface area contributed by atoms with Crippen LogP contribution in [-0.2, 0) is 9.53 Å². The van der Waals surface area contributed by atoms with E-state index in [2.05, 4.69) is 0 Å². The normalized spacial score (nSPS) is 15.8. The lowest BCUT2D eigenvalue weighted by Gasteiger charge is -2.16. The van der Waals surface area contributed by atoms with Gasteiger partial charge in [0.2, 0.25) is 0 Å². The van der Waals surface area contributed by atoms with E-state index in [0.717, 1.165) is 5.69 Å². The fourth-order valence-corrected chi connectivity index (χ4v) is 1.75. The summed E-state index contributed by atoms with van der Waals surface area (Å²) in [5.74, 6) is -0.184. The summed E-state index contributed by atoms with van der Waals surface area (Å²) < 4.78 is 4.88. The Morgan fingerprint density at radius 1 is 1.24 bits per heavy atom. The highest BCUT2D eigenvalue weighted by Gasteiger charge is 2.36. The predicted molar refractivity (Wildman–Crippen MR) is 62.8 cm³/mol. The number of imide groups is 1. The molecule has 1 saturated heterocycles. The van der Waals surface area contributed by atoms with Crippen molar-refractivity contribution >= 4 is 17.6 Å². The Balaban J connectivity index is 2.13. The van der Waals surface area contributed by atoms with Crippen LogP contribution >= 0.6 is 0 Å². The summed E-state index contributed by atoms with van der Waals surface area (Å²) in [7, 11) is 1.54. The molecule has 0 N–H and O–H groups in total. The average Bonchev–Trinajstić information content (AvgIpc) is 2.64. The van der Waals surface area contributed by atoms with Crippen molar-refractivity contribution in [2.45, 2.75) is 0 Å². The van der Waals surface area contributed by atoms with Crippen molar-refractivity contribution in [3.05, 3.63) is 30.3 Å². The van der Waals surface area contributed by atoms with Gasteiger partial charge in [-0.1, -0.05) is 18.2 Å². The largest absolute Gasteiger partial charge is 0.383 e. The molecule has 3 amide bonds. The maximum absolute atomic E-state index is 12.0. The molecule has 0 aromatic heterocycles. The van der Waals surface area contributed by atoms with Gasteiger partial charge in [-0.25, -0.2) is 4.79 Å². The van der Waals surface area contributed by atoms with Crippen LogP contribution in [-0.4, -0.2) is 43.6 Å². The van der Waals surface area contributed by atoms with Crippen LogP contribution in [0.2, 0.25) is 0 Å². The first-order valence-electron chi connectivity index (χ1n) is 5.40. The molecular weight excluding hydrogens is 220 g/mol. The number of ether oxygens (including phenoxy) is 1. The molecule has 17 heavy (non-hydrogen) atoms. The van der Waals surface area contributed by atoms with E-state index in [4.69, 9.17) is 4.74 Å². The highest BCUT2D eigenvalue weighted by atomic mass is 16.5. The molecular formula is C12H14N2O3. The van der Waals surface area contributed by atoms with E-state index in [1.54, 1.807) is 7.11 Å². The molecule has 5 heteroatoms. The standard InChI is InChI=1S/C12H14N2O3/c1-17-8-7-13-11(15)9-14(12(13)16)10-5-3-2-4-6-10/h2-6H,7-9H2,1H3. The molecule has 1 heterocycles. The number of hydrogen-bond donors (Lipinski definition) is 0. The van der Waals surface area contributed by atoms with E-state index >= 15 is 0 Å². The third kappa shape index (κ3) is 2.29. The monoisotopic (exact) mass is 234 g/mol. The fraction of sp³-hybridized carbons (Fsp3) is 0.333. The van der Waals surface area contributed by atoms with Crippen LogP contribution in [0.3, 0.4) is 0 Å². The maximum atomic E-state index is 12.0. The van der Waals surface area contributed by atoms with Crippen molar-refractivity contribution in [1.29, 1.82) is 0 Å². The van der Waals surface area contributed by atoms with E-state index in [-0.39, 0.29) is 18.5 Å². The number of rotatable bonds is 4. The van der Waals surface area contributed by atoms with Crippen LogP contribution < -0.4 is 4.90 Å². The molecule has 0 saturated carbocycles. The molecule has 1 aromatic carbocycles. The van der Waals surface area contributed by atoms with Gasteiger partial charge in [-0.3, -0.25) is 14.6 Å². The third-order valence-corrected chi connectivity index (χ3v) is 2.64. The van der Waals surface area contributed by atoms with Gasteiger partial charge in [-0.15, -0.1) is 0 Å². The van der Waals surface area contributed by atoms with Crippen LogP contribution in [0.25, 0.3) is 0 Å². The van der Waals surface area contributed by atoms with Gasteiger partial charge in [0.25, 0.3) is 5.91 Å². The Morgan fingerprint density at radius 3 is 2.59 bits per heavy atom. The molecule has 1 aromatic rings. The van der Waals surface area contributed by atoms with Gasteiger partial charge in [-0.2, -0.15) is 0 Å². The second-order valence-corrected chi connectivity index (χ2v) is 3.74. The summed E-state index contributed by atoms with van der Waals surface area (Å²) in [6.07, 6.45) is 0. The molecule has 90 valence electrons. The Labute approximate surface area is 99.6 Å². The van der Waals surface area contributed by atoms with Gasteiger partial charge < -0.3 is 4.74 Å². The van der Waals surface area contributed by atoms with Crippen LogP contribution in [0.1, 0.15) is 0 Å². The van der Waals surface area contributed by atoms with Crippen molar-refractivity contribution < 1.29 is 14.3 Å². The van der Waals surface area contributed by atoms with Crippen molar-refractivity contribution in [3.8, 4) is 0 Å². The molecule has 0 radical (unpaired) electrons. The molecule has 0 spiro atoms. The van der Waals surface area contributed by atoms with Gasteiger partial charge >= 0.3 is 6.03 Å². The number of methoxy groups -OCH3 is 1. The molecule has 0 unspecified atom stereocenters. The third-order valence-electron chi connectivity index (χ3n) is 2.64. The number of benzene rings is 1. The number of carbonyl (C=O) groups is 2. The molecule has 1 aliphatic rings. The number of urea groups is 1. The van der Waals surface area contributed by atoms with Crippen LogP contribution in [0.5, 0.6) is 0 Å². The lowest BCUT2D eigenvalue weighted by molar-refractivity contribution is -0.125. The zero-order valence-electron chi connectivity index (χ0n) is 9.63. The predicted octanol–water partition coefficient (Wildman–Crippen LogP) is 1.10. The number of nitrogens with zero attached hydrogens (tertiary/aromatic N) is 2. The van der Waals surface area contributed by atoms with Crippen molar-refractivity contribution in [1.82, 2.24) is 4.90 Å². The van der Waals surface area contributed by atoms with E-state index in [1.807, 2.05) is 30.3 Å². The summed E-state index contributed by atoms with van der Waals surface area (Å²) in [6.45, 7) is 0.768. The summed E-state index contributed by atoms with van der Waals surface area (Å²) >= 11 is 0. The first-order chi connectivity index (χ1) is 8.24. The Bertz CT molecular complexity index is 419. The second-order valence-electron chi connectivity index (χ2n) is 3.74. The van der Waals surface area contributed by atoms with Gasteiger partial charge in [0, 0.05) is 12.8 Å². The van der Waals surface area contributed by atoms with E-state index in [9.17, 15) is 9.59 Å². The van der Waals surface area contributed by atoms with E-state index in [0.29, 0.717) is 13.2 Å². The number of anilines is 1. The van der Waals surface area contributed by atoms with Crippen molar-refractivity contribution in [3.63, 3.8) is 0 Å². The highest BCUT2D eigenvalue weighted by Crippen LogP contribution is 2.20. The molecule has 0 aliphatic carbocycles. The minimum atomic E-state index is -0.279. The first-order valence-corrected chi connectivity index (χ1v) is 5.40. The number of amides is 3. The Hall–Kier alpha value is -1.88. The summed E-state index contributed by atoms with van der Waals surface area (Å²) in [4.78, 5) is 26.4. The Kier molecular flexibility index (Phi) is 3.39. The quantitative estimate of drug-likeness (QED) is 0.733. The molecule has 0 bridgehead atoms. The van der Waals surface area contributed by atoms with Crippen LogP contribution in [0, 0.1) is 0 Å². The molecule has 0 atom stereocenters. The number of para-hydroxylation sites is 1. The van der Waals surface area contributed by atoms with Gasteiger partial charge in [0.15, 0.2) is 0 Å². The molecule has 1 fully saturated rings. The van der Waals surface area contributed by atoms with Crippen molar-refractivity contribution in [2.75, 3.05) is 31.7 Å². The van der Waals surface area contributed by atoms with Crippen LogP contribution in [0.15, 0.2) is 30.3 Å². The smallest absolute Gasteiger partial charge is 0.331 e. The lowest BCUT2D eigenvalue weighted by Crippen LogP contribution is -2.35. The first kappa shape index (κ1) is 11.6. The number of hydrogen-bond acceptors (Lipinski definition) is 3. The molecule has 1 aliphatic heterocycles. The summed E-state index contributed by atoms with van der Waals surface area (Å²) in [5.41, 5.74) is 0.741. The fourth-order valence-electron chi connectivity index (χ4n) is 1.75. The second kappa shape index (κ2) is 4.97. The minimum Gasteiger partial charge on any atom is -0.383 e. The summed E-state index contributed by atoms with van der Waals surface area (Å²) in [5, 5.41) is 0. The zero-order chi connectivity index (χ0) is 12.3. The zero-order valence-corrected chi connectivity index (χ0v) is 9.63. The average molecular weight is 234 g/mol. The summed E-state index contributed by atoms with van der Waals surface area (Å²) in [6, 6.07) is 8.89.